The SMILES string of the molecule is Cc1cccc(-c2nc(C)c(CCNC(=O)C(=O)Nc3ccc(C)c(F)c3)s2)c1. The Balaban J connectivity index is 1.54. The van der Waals surface area contributed by atoms with Gasteiger partial charge in [-0.15, -0.1) is 11.3 Å². The lowest BCUT2D eigenvalue weighted by Crippen LogP contribution is -2.36. The maximum atomic E-state index is 13.5. The van der Waals surface area contributed by atoms with Gasteiger partial charge in [-0.2, -0.15) is 0 Å². The molecule has 0 saturated heterocycles. The molecule has 1 heterocycles. The highest BCUT2D eigenvalue weighted by Crippen LogP contribution is 2.28. The molecule has 0 spiro atoms. The predicted octanol–water partition coefficient (Wildman–Crippen LogP) is 4.17. The summed E-state index contributed by atoms with van der Waals surface area (Å²) in [6.07, 6.45) is 0.577. The van der Waals surface area contributed by atoms with Crippen LogP contribution < -0.4 is 10.6 Å². The number of amides is 2. The number of halogens is 1. The van der Waals surface area contributed by atoms with E-state index in [2.05, 4.69) is 21.7 Å². The number of benzene rings is 2. The summed E-state index contributed by atoms with van der Waals surface area (Å²) in [7, 11) is 0. The first kappa shape index (κ1) is 20.7. The predicted molar refractivity (Wildman–Crippen MR) is 114 cm³/mol. The summed E-state index contributed by atoms with van der Waals surface area (Å²) in [5.74, 6) is -2.02. The Bertz CT molecular complexity index is 1060. The number of hydrogen-bond donors (Lipinski definition) is 2. The van der Waals surface area contributed by atoms with E-state index < -0.39 is 17.6 Å². The summed E-state index contributed by atoms with van der Waals surface area (Å²) in [6, 6.07) is 12.4. The zero-order chi connectivity index (χ0) is 21.0. The maximum absolute atomic E-state index is 13.5. The van der Waals surface area contributed by atoms with Crippen molar-refractivity contribution in [1.29, 1.82) is 0 Å². The zero-order valence-corrected chi connectivity index (χ0v) is 17.3. The van der Waals surface area contributed by atoms with E-state index in [4.69, 9.17) is 0 Å². The second kappa shape index (κ2) is 8.96. The molecule has 3 aromatic rings. The number of anilines is 1. The Kier molecular flexibility index (Phi) is 6.39. The van der Waals surface area contributed by atoms with Gasteiger partial charge in [0.15, 0.2) is 0 Å². The lowest BCUT2D eigenvalue weighted by Gasteiger charge is -2.07. The largest absolute Gasteiger partial charge is 0.347 e. The second-order valence-electron chi connectivity index (χ2n) is 6.82. The molecule has 150 valence electrons. The van der Waals surface area contributed by atoms with Crippen molar-refractivity contribution in [3.05, 3.63) is 70.0 Å². The number of thiazole rings is 1. The van der Waals surface area contributed by atoms with Crippen LogP contribution in [0.2, 0.25) is 0 Å². The molecule has 29 heavy (non-hydrogen) atoms. The lowest BCUT2D eigenvalue weighted by atomic mass is 10.1. The van der Waals surface area contributed by atoms with Gasteiger partial charge in [-0.1, -0.05) is 29.8 Å². The number of carbonyl (C=O) groups is 2. The van der Waals surface area contributed by atoms with Gasteiger partial charge in [-0.25, -0.2) is 9.37 Å². The molecule has 0 unspecified atom stereocenters. The normalized spacial score (nSPS) is 10.6. The number of carbonyl (C=O) groups excluding carboxylic acids is 2. The van der Waals surface area contributed by atoms with Gasteiger partial charge in [0, 0.05) is 29.1 Å². The maximum Gasteiger partial charge on any atom is 0.313 e. The quantitative estimate of drug-likeness (QED) is 0.619. The fourth-order valence-corrected chi connectivity index (χ4v) is 3.85. The van der Waals surface area contributed by atoms with Crippen LogP contribution in [-0.2, 0) is 16.0 Å². The van der Waals surface area contributed by atoms with Gasteiger partial charge in [0.25, 0.3) is 0 Å². The first-order valence-electron chi connectivity index (χ1n) is 9.22. The van der Waals surface area contributed by atoms with Crippen LogP contribution in [0, 0.1) is 26.6 Å². The summed E-state index contributed by atoms with van der Waals surface area (Å²) in [6.45, 7) is 5.91. The summed E-state index contributed by atoms with van der Waals surface area (Å²) < 4.78 is 13.5. The van der Waals surface area contributed by atoms with Crippen LogP contribution >= 0.6 is 11.3 Å². The van der Waals surface area contributed by atoms with Crippen LogP contribution in [0.1, 0.15) is 21.7 Å². The fourth-order valence-electron chi connectivity index (χ4n) is 2.79. The van der Waals surface area contributed by atoms with Gasteiger partial charge < -0.3 is 10.6 Å². The van der Waals surface area contributed by atoms with Gasteiger partial charge >= 0.3 is 11.8 Å². The number of nitrogens with one attached hydrogen (secondary N) is 2. The minimum absolute atomic E-state index is 0.245. The highest BCUT2D eigenvalue weighted by atomic mass is 32.1. The lowest BCUT2D eigenvalue weighted by molar-refractivity contribution is -0.136. The van der Waals surface area contributed by atoms with Crippen molar-refractivity contribution in [2.24, 2.45) is 0 Å². The van der Waals surface area contributed by atoms with Crippen LogP contribution in [0.5, 0.6) is 0 Å². The summed E-state index contributed by atoms with van der Waals surface area (Å²) in [5.41, 5.74) is 3.87. The molecule has 2 N–H and O–H groups in total. The molecular weight excluding hydrogens is 389 g/mol. The number of rotatable bonds is 5. The van der Waals surface area contributed by atoms with Gasteiger partial charge in [0.2, 0.25) is 0 Å². The van der Waals surface area contributed by atoms with Crippen molar-refractivity contribution < 1.29 is 14.0 Å². The molecule has 0 aliphatic heterocycles. The average Bonchev–Trinajstić information content (AvgIpc) is 3.05. The van der Waals surface area contributed by atoms with E-state index >= 15 is 0 Å². The van der Waals surface area contributed by atoms with Crippen molar-refractivity contribution in [3.8, 4) is 10.6 Å². The van der Waals surface area contributed by atoms with E-state index in [0.717, 1.165) is 21.1 Å². The molecule has 0 radical (unpaired) electrons. The Labute approximate surface area is 173 Å². The molecule has 0 bridgehead atoms. The second-order valence-corrected chi connectivity index (χ2v) is 7.90. The Morgan fingerprint density at radius 2 is 1.86 bits per heavy atom. The molecule has 0 saturated carbocycles. The standard InChI is InChI=1S/C22H22FN3O2S/c1-13-5-4-6-16(11-13)22-25-15(3)19(29-22)9-10-24-20(27)21(28)26-17-8-7-14(2)18(23)12-17/h4-8,11-12H,9-10H2,1-3H3,(H,24,27)(H,26,28). The van der Waals surface area contributed by atoms with E-state index in [-0.39, 0.29) is 5.69 Å². The number of hydrogen-bond acceptors (Lipinski definition) is 4. The molecule has 0 aliphatic rings. The van der Waals surface area contributed by atoms with Crippen molar-refractivity contribution in [3.63, 3.8) is 0 Å². The molecule has 0 fully saturated rings. The van der Waals surface area contributed by atoms with Crippen LogP contribution in [0.3, 0.4) is 0 Å². The van der Waals surface area contributed by atoms with E-state index in [9.17, 15) is 14.0 Å². The Morgan fingerprint density at radius 1 is 1.07 bits per heavy atom. The van der Waals surface area contributed by atoms with Crippen LogP contribution in [0.15, 0.2) is 42.5 Å². The van der Waals surface area contributed by atoms with E-state index in [1.54, 1.807) is 30.4 Å². The van der Waals surface area contributed by atoms with Crippen molar-refractivity contribution in [2.75, 3.05) is 11.9 Å². The van der Waals surface area contributed by atoms with Crippen molar-refractivity contribution in [2.45, 2.75) is 27.2 Å². The molecule has 0 atom stereocenters. The fraction of sp³-hybridized carbons (Fsp3) is 0.227. The molecule has 0 aliphatic carbocycles. The van der Waals surface area contributed by atoms with Gasteiger partial charge in [0.1, 0.15) is 10.8 Å². The van der Waals surface area contributed by atoms with Crippen LogP contribution in [0.4, 0.5) is 10.1 Å². The van der Waals surface area contributed by atoms with Crippen LogP contribution in [0.25, 0.3) is 10.6 Å². The van der Waals surface area contributed by atoms with Gasteiger partial charge in [0.05, 0.1) is 5.69 Å². The van der Waals surface area contributed by atoms with E-state index in [1.165, 1.54) is 11.6 Å². The molecule has 5 nitrogen and oxygen atoms in total. The number of aryl methyl sites for hydroxylation is 3. The van der Waals surface area contributed by atoms with Crippen LogP contribution in [-0.4, -0.2) is 23.3 Å². The zero-order valence-electron chi connectivity index (χ0n) is 16.5. The first-order valence-corrected chi connectivity index (χ1v) is 10.0. The topological polar surface area (TPSA) is 71.1 Å². The summed E-state index contributed by atoms with van der Waals surface area (Å²) >= 11 is 1.58. The van der Waals surface area contributed by atoms with Crippen molar-refractivity contribution in [1.82, 2.24) is 10.3 Å². The van der Waals surface area contributed by atoms with Gasteiger partial charge in [-0.3, -0.25) is 9.59 Å². The van der Waals surface area contributed by atoms with Gasteiger partial charge in [-0.05, 0) is 44.5 Å². The number of nitrogens with zero attached hydrogens (tertiary/aromatic N) is 1. The third-order valence-corrected chi connectivity index (χ3v) is 5.70. The van der Waals surface area contributed by atoms with E-state index in [1.807, 2.05) is 32.0 Å². The highest BCUT2D eigenvalue weighted by molar-refractivity contribution is 7.15. The minimum Gasteiger partial charge on any atom is -0.347 e. The molecule has 2 aromatic carbocycles. The van der Waals surface area contributed by atoms with E-state index in [0.29, 0.717) is 18.5 Å². The first-order chi connectivity index (χ1) is 13.8. The molecular formula is C22H22FN3O2S. The monoisotopic (exact) mass is 411 g/mol. The highest BCUT2D eigenvalue weighted by Gasteiger charge is 2.15. The molecule has 1 aromatic heterocycles. The molecule has 3 rings (SSSR count). The van der Waals surface area contributed by atoms with Crippen molar-refractivity contribution >= 4 is 28.8 Å². The molecule has 7 heteroatoms. The minimum atomic E-state index is -0.824. The summed E-state index contributed by atoms with van der Waals surface area (Å²) in [5, 5.41) is 5.93. The number of aromatic nitrogens is 1. The molecule has 2 amide bonds. The summed E-state index contributed by atoms with van der Waals surface area (Å²) in [4.78, 5) is 29.7. The smallest absolute Gasteiger partial charge is 0.313 e. The Morgan fingerprint density at radius 3 is 2.59 bits per heavy atom. The third kappa shape index (κ3) is 5.26. The average molecular weight is 412 g/mol. The Hall–Kier alpha value is -3.06. The third-order valence-electron chi connectivity index (χ3n) is 4.43.